The summed E-state index contributed by atoms with van der Waals surface area (Å²) in [5.41, 5.74) is 3.53. The fourth-order valence-corrected chi connectivity index (χ4v) is 1.87. The maximum Gasteiger partial charge on any atom is 0.226 e. The van der Waals surface area contributed by atoms with Gasteiger partial charge >= 0.3 is 0 Å². The minimum absolute atomic E-state index is 0.0187. The minimum atomic E-state index is -0.0187. The second kappa shape index (κ2) is 4.89. The lowest BCUT2D eigenvalue weighted by atomic mass is 10.3. The standard InChI is InChI=1S/C10H12N4OS/c1-14-5-8(4-13-14)3-11-10(15)2-9-6-16-7-12-9/h4-7H,2-3H2,1H3,(H,11,15). The number of aryl methyl sites for hydroxylation is 1. The molecule has 0 unspecified atom stereocenters. The van der Waals surface area contributed by atoms with E-state index in [1.165, 1.54) is 11.3 Å². The van der Waals surface area contributed by atoms with Gasteiger partial charge in [-0.15, -0.1) is 11.3 Å². The first-order chi connectivity index (χ1) is 7.74. The molecule has 0 aliphatic carbocycles. The largest absolute Gasteiger partial charge is 0.352 e. The van der Waals surface area contributed by atoms with E-state index in [1.54, 1.807) is 16.4 Å². The Kier molecular flexibility index (Phi) is 3.31. The number of thiazole rings is 1. The lowest BCUT2D eigenvalue weighted by Crippen LogP contribution is -2.24. The van der Waals surface area contributed by atoms with Crippen LogP contribution in [0.15, 0.2) is 23.3 Å². The van der Waals surface area contributed by atoms with Gasteiger partial charge in [0, 0.05) is 30.7 Å². The first kappa shape index (κ1) is 10.8. The van der Waals surface area contributed by atoms with Crippen molar-refractivity contribution in [2.75, 3.05) is 0 Å². The lowest BCUT2D eigenvalue weighted by Gasteiger charge is -2.01. The Bertz CT molecular complexity index is 463. The molecule has 0 aliphatic heterocycles. The predicted molar refractivity (Wildman–Crippen MR) is 60.9 cm³/mol. The van der Waals surface area contributed by atoms with Gasteiger partial charge in [0.2, 0.25) is 5.91 Å². The maximum absolute atomic E-state index is 11.5. The normalized spacial score (nSPS) is 10.3. The quantitative estimate of drug-likeness (QED) is 0.851. The number of rotatable bonds is 4. The van der Waals surface area contributed by atoms with E-state index in [1.807, 2.05) is 18.6 Å². The van der Waals surface area contributed by atoms with Crippen molar-refractivity contribution in [1.29, 1.82) is 0 Å². The lowest BCUT2D eigenvalue weighted by molar-refractivity contribution is -0.120. The van der Waals surface area contributed by atoms with Crippen LogP contribution in [0.1, 0.15) is 11.3 Å². The number of carbonyl (C=O) groups excluding carboxylic acids is 1. The highest BCUT2D eigenvalue weighted by molar-refractivity contribution is 7.07. The summed E-state index contributed by atoms with van der Waals surface area (Å²) >= 11 is 1.49. The fraction of sp³-hybridized carbons (Fsp3) is 0.300. The van der Waals surface area contributed by atoms with Crippen LogP contribution in [0, 0.1) is 0 Å². The predicted octanol–water partition coefficient (Wildman–Crippen LogP) is 0.735. The first-order valence-corrected chi connectivity index (χ1v) is 5.79. The number of aromatic nitrogens is 3. The van der Waals surface area contributed by atoms with Crippen molar-refractivity contribution in [3.05, 3.63) is 34.5 Å². The van der Waals surface area contributed by atoms with Crippen LogP contribution in [0.2, 0.25) is 0 Å². The summed E-state index contributed by atoms with van der Waals surface area (Å²) in [7, 11) is 1.85. The molecule has 16 heavy (non-hydrogen) atoms. The van der Waals surface area contributed by atoms with Crippen LogP contribution in [-0.4, -0.2) is 20.7 Å². The van der Waals surface area contributed by atoms with Crippen molar-refractivity contribution in [2.24, 2.45) is 7.05 Å². The van der Waals surface area contributed by atoms with Crippen LogP contribution < -0.4 is 5.32 Å². The summed E-state index contributed by atoms with van der Waals surface area (Å²) in [5.74, 6) is -0.0187. The molecule has 0 atom stereocenters. The van der Waals surface area contributed by atoms with Crippen molar-refractivity contribution in [3.63, 3.8) is 0 Å². The van der Waals surface area contributed by atoms with Gasteiger partial charge in [-0.3, -0.25) is 9.48 Å². The number of amides is 1. The molecular formula is C10H12N4OS. The number of nitrogens with one attached hydrogen (secondary N) is 1. The second-order valence-corrected chi connectivity index (χ2v) is 4.17. The summed E-state index contributed by atoms with van der Waals surface area (Å²) in [5, 5.41) is 8.73. The molecule has 0 saturated carbocycles. The number of nitrogens with zero attached hydrogens (tertiary/aromatic N) is 3. The summed E-state index contributed by atoms with van der Waals surface area (Å²) in [6, 6.07) is 0. The highest BCUT2D eigenvalue weighted by Gasteiger charge is 2.05. The van der Waals surface area contributed by atoms with Crippen LogP contribution >= 0.6 is 11.3 Å². The van der Waals surface area contributed by atoms with Crippen molar-refractivity contribution in [1.82, 2.24) is 20.1 Å². The van der Waals surface area contributed by atoms with Gasteiger partial charge in [-0.2, -0.15) is 5.10 Å². The highest BCUT2D eigenvalue weighted by Crippen LogP contribution is 2.02. The topological polar surface area (TPSA) is 59.8 Å². The van der Waals surface area contributed by atoms with Gasteiger partial charge in [0.05, 0.1) is 23.8 Å². The Labute approximate surface area is 97.1 Å². The highest BCUT2D eigenvalue weighted by atomic mass is 32.1. The number of hydrogen-bond donors (Lipinski definition) is 1. The monoisotopic (exact) mass is 236 g/mol. The van der Waals surface area contributed by atoms with Crippen LogP contribution in [0.4, 0.5) is 0 Å². The van der Waals surface area contributed by atoms with Gasteiger partial charge in [0.15, 0.2) is 0 Å². The van der Waals surface area contributed by atoms with Gasteiger partial charge in [0.1, 0.15) is 0 Å². The van der Waals surface area contributed by atoms with E-state index < -0.39 is 0 Å². The molecule has 5 nitrogen and oxygen atoms in total. The van der Waals surface area contributed by atoms with E-state index in [0.29, 0.717) is 13.0 Å². The van der Waals surface area contributed by atoms with Crippen molar-refractivity contribution >= 4 is 17.2 Å². The average Bonchev–Trinajstić information content (AvgIpc) is 2.87. The van der Waals surface area contributed by atoms with E-state index in [4.69, 9.17) is 0 Å². The van der Waals surface area contributed by atoms with Gasteiger partial charge in [0.25, 0.3) is 0 Å². The zero-order valence-electron chi connectivity index (χ0n) is 8.88. The smallest absolute Gasteiger partial charge is 0.226 e. The number of hydrogen-bond acceptors (Lipinski definition) is 4. The molecule has 2 aromatic heterocycles. The SMILES string of the molecule is Cn1cc(CNC(=O)Cc2cscn2)cn1. The van der Waals surface area contributed by atoms with E-state index in [9.17, 15) is 4.79 Å². The van der Waals surface area contributed by atoms with E-state index in [2.05, 4.69) is 15.4 Å². The van der Waals surface area contributed by atoms with E-state index >= 15 is 0 Å². The average molecular weight is 236 g/mol. The minimum Gasteiger partial charge on any atom is -0.352 e. The molecule has 1 amide bonds. The molecule has 0 fully saturated rings. The van der Waals surface area contributed by atoms with Crippen LogP contribution in [0.3, 0.4) is 0 Å². The van der Waals surface area contributed by atoms with Crippen LogP contribution in [0.25, 0.3) is 0 Å². The molecule has 0 bridgehead atoms. The zero-order chi connectivity index (χ0) is 11.4. The molecule has 0 aromatic carbocycles. The molecule has 0 aliphatic rings. The number of carbonyl (C=O) groups is 1. The molecule has 2 aromatic rings. The molecular weight excluding hydrogens is 224 g/mol. The first-order valence-electron chi connectivity index (χ1n) is 4.85. The summed E-state index contributed by atoms with van der Waals surface area (Å²) in [4.78, 5) is 15.6. The molecule has 2 rings (SSSR count). The Balaban J connectivity index is 1.80. The second-order valence-electron chi connectivity index (χ2n) is 3.46. The summed E-state index contributed by atoms with van der Waals surface area (Å²) < 4.78 is 1.71. The molecule has 6 heteroatoms. The van der Waals surface area contributed by atoms with Crippen LogP contribution in [-0.2, 0) is 24.8 Å². The molecule has 84 valence electrons. The third-order valence-electron chi connectivity index (χ3n) is 2.07. The third kappa shape index (κ3) is 2.90. The molecule has 0 radical (unpaired) electrons. The third-order valence-corrected chi connectivity index (χ3v) is 2.71. The summed E-state index contributed by atoms with van der Waals surface area (Å²) in [6.07, 6.45) is 3.95. The van der Waals surface area contributed by atoms with Gasteiger partial charge < -0.3 is 5.32 Å². The van der Waals surface area contributed by atoms with E-state index in [-0.39, 0.29) is 5.91 Å². The molecule has 2 heterocycles. The van der Waals surface area contributed by atoms with Gasteiger partial charge in [-0.05, 0) is 0 Å². The van der Waals surface area contributed by atoms with E-state index in [0.717, 1.165) is 11.3 Å². The molecule has 0 saturated heterocycles. The van der Waals surface area contributed by atoms with Crippen molar-refractivity contribution < 1.29 is 4.79 Å². The fourth-order valence-electron chi connectivity index (χ4n) is 1.32. The van der Waals surface area contributed by atoms with Gasteiger partial charge in [-0.1, -0.05) is 0 Å². The Morgan fingerprint density at radius 1 is 1.62 bits per heavy atom. The van der Waals surface area contributed by atoms with Crippen LogP contribution in [0.5, 0.6) is 0 Å². The molecule has 1 N–H and O–H groups in total. The Hall–Kier alpha value is -1.69. The summed E-state index contributed by atoms with van der Waals surface area (Å²) in [6.45, 7) is 0.511. The maximum atomic E-state index is 11.5. The molecule has 0 spiro atoms. The van der Waals surface area contributed by atoms with Crippen molar-refractivity contribution in [2.45, 2.75) is 13.0 Å². The van der Waals surface area contributed by atoms with Crippen molar-refractivity contribution in [3.8, 4) is 0 Å². The zero-order valence-corrected chi connectivity index (χ0v) is 9.70. The van der Waals surface area contributed by atoms with Gasteiger partial charge in [-0.25, -0.2) is 4.98 Å². The Morgan fingerprint density at radius 3 is 3.12 bits per heavy atom. The Morgan fingerprint density at radius 2 is 2.50 bits per heavy atom.